The molecule has 2 aromatic rings. The lowest BCUT2D eigenvalue weighted by Crippen LogP contribution is -2.48. The summed E-state index contributed by atoms with van der Waals surface area (Å²) in [5.41, 5.74) is 0.577. The van der Waals surface area contributed by atoms with E-state index >= 15 is 0 Å². The molecule has 0 unspecified atom stereocenters. The van der Waals surface area contributed by atoms with E-state index in [1.54, 1.807) is 0 Å². The van der Waals surface area contributed by atoms with Gasteiger partial charge in [-0.25, -0.2) is 8.42 Å². The Balaban J connectivity index is 1.67. The van der Waals surface area contributed by atoms with Gasteiger partial charge in [-0.3, -0.25) is 15.0 Å². The molecule has 0 bridgehead atoms. The number of benzene rings is 1. The van der Waals surface area contributed by atoms with E-state index in [0.29, 0.717) is 32.7 Å². The van der Waals surface area contributed by atoms with Gasteiger partial charge in [0.25, 0.3) is 5.69 Å². The van der Waals surface area contributed by atoms with Crippen LogP contribution in [0.15, 0.2) is 39.8 Å². The maximum absolute atomic E-state index is 12.7. The quantitative estimate of drug-likeness (QED) is 0.581. The van der Waals surface area contributed by atoms with Gasteiger partial charge in [-0.15, -0.1) is 0 Å². The van der Waals surface area contributed by atoms with Crippen LogP contribution in [-0.4, -0.2) is 53.9 Å². The molecule has 0 amide bonds. The van der Waals surface area contributed by atoms with E-state index in [2.05, 4.69) is 10.1 Å². The van der Waals surface area contributed by atoms with Gasteiger partial charge in [-0.05, 0) is 13.0 Å². The van der Waals surface area contributed by atoms with Crippen molar-refractivity contribution in [1.29, 1.82) is 0 Å². The van der Waals surface area contributed by atoms with Crippen molar-refractivity contribution in [3.8, 4) is 0 Å². The molecular weight excluding hydrogens is 348 g/mol. The normalized spacial score (nSPS) is 16.8. The average molecular weight is 366 g/mol. The van der Waals surface area contributed by atoms with E-state index in [-0.39, 0.29) is 10.6 Å². The highest BCUT2D eigenvalue weighted by Crippen LogP contribution is 2.22. The minimum Gasteiger partial charge on any atom is -0.361 e. The van der Waals surface area contributed by atoms with Gasteiger partial charge in [-0.1, -0.05) is 11.2 Å². The molecule has 1 aromatic heterocycles. The zero-order chi connectivity index (χ0) is 18.0. The summed E-state index contributed by atoms with van der Waals surface area (Å²) in [5, 5.41) is 14.8. The fourth-order valence-electron chi connectivity index (χ4n) is 2.76. The molecule has 25 heavy (non-hydrogen) atoms. The number of hydrogen-bond acceptors (Lipinski definition) is 7. The third kappa shape index (κ3) is 3.86. The van der Waals surface area contributed by atoms with Crippen molar-refractivity contribution in [3.05, 3.63) is 51.9 Å². The molecule has 1 aromatic carbocycles. The van der Waals surface area contributed by atoms with Crippen LogP contribution in [0.4, 0.5) is 5.69 Å². The zero-order valence-electron chi connectivity index (χ0n) is 13.7. The predicted molar refractivity (Wildman–Crippen MR) is 88.4 cm³/mol. The summed E-state index contributed by atoms with van der Waals surface area (Å²) in [6.07, 6.45) is 0. The van der Waals surface area contributed by atoms with Gasteiger partial charge < -0.3 is 4.52 Å². The van der Waals surface area contributed by atoms with Crippen molar-refractivity contribution in [1.82, 2.24) is 14.4 Å². The maximum atomic E-state index is 12.7. The standard InChI is InChI=1S/C15H18N4O5S/c1-12-9-13(16-24-12)11-17-5-7-18(8-6-17)25(22,23)15-4-2-3-14(10-15)19(20)21/h2-4,9-10H,5-8,11H2,1H3. The summed E-state index contributed by atoms with van der Waals surface area (Å²) in [6, 6.07) is 6.99. The first-order valence-corrected chi connectivity index (χ1v) is 9.19. The lowest BCUT2D eigenvalue weighted by atomic mass is 10.3. The monoisotopic (exact) mass is 366 g/mol. The molecule has 0 N–H and O–H groups in total. The lowest BCUT2D eigenvalue weighted by molar-refractivity contribution is -0.385. The Bertz CT molecular complexity index is 872. The molecule has 9 nitrogen and oxygen atoms in total. The van der Waals surface area contributed by atoms with Gasteiger partial charge in [0.2, 0.25) is 10.0 Å². The van der Waals surface area contributed by atoms with Crippen LogP contribution >= 0.6 is 0 Å². The predicted octanol–water partition coefficient (Wildman–Crippen LogP) is 1.40. The maximum Gasteiger partial charge on any atom is 0.270 e. The first-order valence-electron chi connectivity index (χ1n) is 7.75. The Morgan fingerprint density at radius 1 is 1.24 bits per heavy atom. The topological polar surface area (TPSA) is 110 Å². The van der Waals surface area contributed by atoms with Gasteiger partial charge in [0.15, 0.2) is 0 Å². The van der Waals surface area contributed by atoms with Crippen molar-refractivity contribution < 1.29 is 17.9 Å². The van der Waals surface area contributed by atoms with Gasteiger partial charge in [0, 0.05) is 50.9 Å². The Morgan fingerprint density at radius 2 is 1.96 bits per heavy atom. The molecule has 0 saturated carbocycles. The molecule has 10 heteroatoms. The summed E-state index contributed by atoms with van der Waals surface area (Å²) in [5.74, 6) is 0.738. The lowest BCUT2D eigenvalue weighted by Gasteiger charge is -2.33. The Labute approximate surface area is 145 Å². The smallest absolute Gasteiger partial charge is 0.270 e. The van der Waals surface area contributed by atoms with Crippen LogP contribution in [0.1, 0.15) is 11.5 Å². The Hall–Kier alpha value is -2.30. The van der Waals surface area contributed by atoms with Gasteiger partial charge >= 0.3 is 0 Å². The van der Waals surface area contributed by atoms with Crippen LogP contribution in [0.25, 0.3) is 0 Å². The van der Waals surface area contributed by atoms with Crippen molar-refractivity contribution in [3.63, 3.8) is 0 Å². The number of hydrogen-bond donors (Lipinski definition) is 0. The van der Waals surface area contributed by atoms with Gasteiger partial charge in [0.05, 0.1) is 15.5 Å². The largest absolute Gasteiger partial charge is 0.361 e. The van der Waals surface area contributed by atoms with E-state index < -0.39 is 14.9 Å². The summed E-state index contributed by atoms with van der Waals surface area (Å²) >= 11 is 0. The highest BCUT2D eigenvalue weighted by atomic mass is 32.2. The number of rotatable bonds is 5. The van der Waals surface area contributed by atoms with E-state index in [4.69, 9.17) is 4.52 Å². The van der Waals surface area contributed by atoms with Crippen molar-refractivity contribution >= 4 is 15.7 Å². The first-order chi connectivity index (χ1) is 11.9. The number of aryl methyl sites for hydroxylation is 1. The molecule has 2 heterocycles. The Morgan fingerprint density at radius 3 is 2.56 bits per heavy atom. The number of piperazine rings is 1. The van der Waals surface area contributed by atoms with E-state index in [1.807, 2.05) is 13.0 Å². The highest BCUT2D eigenvalue weighted by molar-refractivity contribution is 7.89. The SMILES string of the molecule is Cc1cc(CN2CCN(S(=O)(=O)c3cccc([N+](=O)[O-])c3)CC2)no1. The fraction of sp³-hybridized carbons (Fsp3) is 0.400. The van der Waals surface area contributed by atoms with Crippen molar-refractivity contribution in [2.24, 2.45) is 0 Å². The van der Waals surface area contributed by atoms with Crippen LogP contribution in [0.3, 0.4) is 0 Å². The molecule has 1 fully saturated rings. The molecule has 1 aliphatic rings. The molecular formula is C15H18N4O5S. The molecule has 0 spiro atoms. The summed E-state index contributed by atoms with van der Waals surface area (Å²) in [6.45, 7) is 4.17. The minimum atomic E-state index is -3.74. The molecule has 1 saturated heterocycles. The third-order valence-corrected chi connectivity index (χ3v) is 5.95. The van der Waals surface area contributed by atoms with E-state index in [9.17, 15) is 18.5 Å². The summed E-state index contributed by atoms with van der Waals surface area (Å²) in [7, 11) is -3.74. The van der Waals surface area contributed by atoms with Crippen LogP contribution in [-0.2, 0) is 16.6 Å². The Kier molecular flexibility index (Phi) is 4.84. The second-order valence-corrected chi connectivity index (χ2v) is 7.80. The minimum absolute atomic E-state index is 0.0534. The molecule has 3 rings (SSSR count). The number of non-ortho nitro benzene ring substituents is 1. The zero-order valence-corrected chi connectivity index (χ0v) is 14.5. The van der Waals surface area contributed by atoms with Crippen LogP contribution in [0.2, 0.25) is 0 Å². The van der Waals surface area contributed by atoms with Gasteiger partial charge in [-0.2, -0.15) is 4.31 Å². The average Bonchev–Trinajstić information content (AvgIpc) is 3.00. The molecule has 134 valence electrons. The van der Waals surface area contributed by atoms with Crippen LogP contribution < -0.4 is 0 Å². The summed E-state index contributed by atoms with van der Waals surface area (Å²) in [4.78, 5) is 12.3. The molecule has 0 radical (unpaired) electrons. The van der Waals surface area contributed by atoms with Crippen molar-refractivity contribution in [2.45, 2.75) is 18.4 Å². The number of nitro benzene ring substituents is 1. The molecule has 0 aliphatic carbocycles. The molecule has 1 aliphatic heterocycles. The number of nitrogens with zero attached hydrogens (tertiary/aromatic N) is 4. The highest BCUT2D eigenvalue weighted by Gasteiger charge is 2.29. The van der Waals surface area contributed by atoms with Crippen LogP contribution in [0, 0.1) is 17.0 Å². The fourth-order valence-corrected chi connectivity index (χ4v) is 4.22. The number of sulfonamides is 1. The van der Waals surface area contributed by atoms with Crippen LogP contribution in [0.5, 0.6) is 0 Å². The molecule has 0 atom stereocenters. The van der Waals surface area contributed by atoms with E-state index in [0.717, 1.165) is 17.5 Å². The first kappa shape index (κ1) is 17.5. The second kappa shape index (κ2) is 6.90. The number of nitro groups is 1. The summed E-state index contributed by atoms with van der Waals surface area (Å²) < 4.78 is 31.8. The van der Waals surface area contributed by atoms with E-state index in [1.165, 1.54) is 22.5 Å². The second-order valence-electron chi connectivity index (χ2n) is 5.86. The van der Waals surface area contributed by atoms with Gasteiger partial charge in [0.1, 0.15) is 5.76 Å². The third-order valence-electron chi connectivity index (χ3n) is 4.06. The number of aromatic nitrogens is 1. The van der Waals surface area contributed by atoms with Crippen molar-refractivity contribution in [2.75, 3.05) is 26.2 Å².